The molecule has 4 aromatic rings. The molecule has 3 heterocycles. The molecule has 0 aliphatic heterocycles. The molecule has 0 aliphatic carbocycles. The number of hydrogen-bond acceptors (Lipinski definition) is 4. The van der Waals surface area contributed by atoms with E-state index in [4.69, 9.17) is 11.6 Å². The van der Waals surface area contributed by atoms with Gasteiger partial charge in [0, 0.05) is 29.9 Å². The van der Waals surface area contributed by atoms with Gasteiger partial charge < -0.3 is 10.3 Å². The molecule has 3 aromatic heterocycles. The van der Waals surface area contributed by atoms with Gasteiger partial charge in [0.2, 0.25) is 0 Å². The zero-order valence-electron chi connectivity index (χ0n) is 15.2. The molecule has 0 aliphatic rings. The summed E-state index contributed by atoms with van der Waals surface area (Å²) in [6, 6.07) is 9.81. The highest BCUT2D eigenvalue weighted by Gasteiger charge is 2.34. The van der Waals surface area contributed by atoms with Gasteiger partial charge >= 0.3 is 6.18 Å². The Kier molecular flexibility index (Phi) is 5.13. The minimum Gasteiger partial charge on any atom is -0.347 e. The molecule has 0 bridgehead atoms. The number of nitrogens with one attached hydrogen (secondary N) is 2. The Balaban J connectivity index is 1.47. The summed E-state index contributed by atoms with van der Waals surface area (Å²) >= 11 is 5.53. The molecule has 1 amide bonds. The standard InChI is InChI=1S/C20H13ClF3N5O/c21-15-9-26-16(7-14(15)20(22,23)24)19(30)27-8-11-1-3-12(4-2-11)17-13-5-6-25-18(13)29-10-28-17/h1-7,9-10H,8H2,(H,27,30)(H,25,28,29). The first-order chi connectivity index (χ1) is 14.3. The van der Waals surface area contributed by atoms with Crippen LogP contribution in [0.25, 0.3) is 22.3 Å². The third-order valence-electron chi connectivity index (χ3n) is 4.43. The maximum Gasteiger partial charge on any atom is 0.417 e. The maximum atomic E-state index is 12.9. The fourth-order valence-corrected chi connectivity index (χ4v) is 3.15. The van der Waals surface area contributed by atoms with E-state index in [-0.39, 0.29) is 12.2 Å². The van der Waals surface area contributed by atoms with Crippen molar-refractivity contribution in [2.45, 2.75) is 12.7 Å². The Morgan fingerprint density at radius 3 is 2.60 bits per heavy atom. The number of amides is 1. The molecule has 152 valence electrons. The van der Waals surface area contributed by atoms with Gasteiger partial charge in [-0.3, -0.25) is 4.79 Å². The summed E-state index contributed by atoms with van der Waals surface area (Å²) in [6.07, 6.45) is -0.604. The van der Waals surface area contributed by atoms with E-state index in [1.807, 2.05) is 18.2 Å². The monoisotopic (exact) mass is 431 g/mol. The number of halogens is 4. The minimum atomic E-state index is -4.67. The third kappa shape index (κ3) is 3.97. The van der Waals surface area contributed by atoms with Crippen LogP contribution in [-0.2, 0) is 12.7 Å². The number of carbonyl (C=O) groups excluding carboxylic acids is 1. The Morgan fingerprint density at radius 2 is 1.87 bits per heavy atom. The number of H-pyrrole nitrogens is 1. The predicted molar refractivity (Wildman–Crippen MR) is 105 cm³/mol. The Labute approximate surface area is 173 Å². The van der Waals surface area contributed by atoms with Gasteiger partial charge in [0.15, 0.2) is 0 Å². The number of aromatic nitrogens is 4. The lowest BCUT2D eigenvalue weighted by atomic mass is 10.1. The first-order valence-electron chi connectivity index (χ1n) is 8.71. The van der Waals surface area contributed by atoms with E-state index in [1.165, 1.54) is 6.33 Å². The van der Waals surface area contributed by atoms with Crippen molar-refractivity contribution in [3.8, 4) is 11.3 Å². The van der Waals surface area contributed by atoms with Crippen molar-refractivity contribution in [2.24, 2.45) is 0 Å². The second-order valence-electron chi connectivity index (χ2n) is 6.39. The van der Waals surface area contributed by atoms with Gasteiger partial charge in [-0.1, -0.05) is 35.9 Å². The van der Waals surface area contributed by atoms with E-state index in [0.29, 0.717) is 6.07 Å². The number of fused-ring (bicyclic) bond motifs is 1. The summed E-state index contributed by atoms with van der Waals surface area (Å²) in [7, 11) is 0. The predicted octanol–water partition coefficient (Wildman–Crippen LogP) is 4.62. The highest BCUT2D eigenvalue weighted by molar-refractivity contribution is 6.31. The van der Waals surface area contributed by atoms with Crippen LogP contribution in [-0.4, -0.2) is 25.8 Å². The number of carbonyl (C=O) groups is 1. The van der Waals surface area contributed by atoms with E-state index in [9.17, 15) is 18.0 Å². The Hall–Kier alpha value is -3.46. The zero-order chi connectivity index (χ0) is 21.3. The number of alkyl halides is 3. The molecule has 0 fully saturated rings. The van der Waals surface area contributed by atoms with Crippen molar-refractivity contribution in [3.63, 3.8) is 0 Å². The minimum absolute atomic E-state index is 0.119. The normalized spacial score (nSPS) is 11.6. The molecule has 0 spiro atoms. The molecule has 6 nitrogen and oxygen atoms in total. The molecule has 2 N–H and O–H groups in total. The lowest BCUT2D eigenvalue weighted by molar-refractivity contribution is -0.137. The van der Waals surface area contributed by atoms with Crippen LogP contribution >= 0.6 is 11.6 Å². The quantitative estimate of drug-likeness (QED) is 0.494. The highest BCUT2D eigenvalue weighted by atomic mass is 35.5. The van der Waals surface area contributed by atoms with Crippen molar-refractivity contribution in [1.82, 2.24) is 25.3 Å². The zero-order valence-corrected chi connectivity index (χ0v) is 15.9. The average Bonchev–Trinajstić information content (AvgIpc) is 3.21. The van der Waals surface area contributed by atoms with Gasteiger partial charge in [-0.2, -0.15) is 13.2 Å². The van der Waals surface area contributed by atoms with Crippen LogP contribution in [0, 0.1) is 0 Å². The van der Waals surface area contributed by atoms with E-state index < -0.39 is 22.7 Å². The van der Waals surface area contributed by atoms with Gasteiger partial charge in [-0.05, 0) is 17.7 Å². The third-order valence-corrected chi connectivity index (χ3v) is 4.73. The number of rotatable bonds is 4. The molecule has 0 radical (unpaired) electrons. The molecular weight excluding hydrogens is 419 g/mol. The summed E-state index contributed by atoms with van der Waals surface area (Å²) in [5.41, 5.74) is 1.66. The van der Waals surface area contributed by atoms with Crippen LogP contribution in [0.2, 0.25) is 5.02 Å². The lowest BCUT2D eigenvalue weighted by Gasteiger charge is -2.11. The largest absolute Gasteiger partial charge is 0.417 e. The SMILES string of the molecule is O=C(NCc1ccc(-c2ncnc3[nH]ccc23)cc1)c1cc(C(F)(F)F)c(Cl)cn1. The molecule has 0 saturated heterocycles. The Morgan fingerprint density at radius 1 is 1.10 bits per heavy atom. The summed E-state index contributed by atoms with van der Waals surface area (Å²) in [6.45, 7) is 0.119. The van der Waals surface area contributed by atoms with Crippen LogP contribution in [0.1, 0.15) is 21.6 Å². The number of aromatic amines is 1. The van der Waals surface area contributed by atoms with E-state index >= 15 is 0 Å². The molecular formula is C20H13ClF3N5O. The van der Waals surface area contributed by atoms with E-state index in [2.05, 4.69) is 25.3 Å². The van der Waals surface area contributed by atoms with Crippen LogP contribution in [0.3, 0.4) is 0 Å². The van der Waals surface area contributed by atoms with Gasteiger partial charge in [0.1, 0.15) is 17.7 Å². The summed E-state index contributed by atoms with van der Waals surface area (Å²) < 4.78 is 38.8. The number of benzene rings is 1. The molecule has 30 heavy (non-hydrogen) atoms. The van der Waals surface area contributed by atoms with Crippen molar-refractivity contribution in [3.05, 3.63) is 77.0 Å². The first kappa shape index (κ1) is 19.8. The molecule has 0 atom stereocenters. The second kappa shape index (κ2) is 7.75. The van der Waals surface area contributed by atoms with Crippen molar-refractivity contribution < 1.29 is 18.0 Å². The van der Waals surface area contributed by atoms with Crippen LogP contribution in [0.15, 0.2) is 55.1 Å². The summed E-state index contributed by atoms with van der Waals surface area (Å²) in [4.78, 5) is 27.4. The van der Waals surface area contributed by atoms with Gasteiger partial charge in [0.05, 0.1) is 16.3 Å². The van der Waals surface area contributed by atoms with Crippen molar-refractivity contribution >= 4 is 28.5 Å². The van der Waals surface area contributed by atoms with E-state index in [1.54, 1.807) is 18.3 Å². The average molecular weight is 432 g/mol. The highest BCUT2D eigenvalue weighted by Crippen LogP contribution is 2.34. The summed E-state index contributed by atoms with van der Waals surface area (Å²) in [5.74, 6) is -0.730. The topological polar surface area (TPSA) is 83.6 Å². The molecule has 10 heteroatoms. The second-order valence-corrected chi connectivity index (χ2v) is 6.80. The maximum absolute atomic E-state index is 12.9. The number of pyridine rings is 1. The molecule has 1 aromatic carbocycles. The fraction of sp³-hybridized carbons (Fsp3) is 0.100. The van der Waals surface area contributed by atoms with Crippen molar-refractivity contribution in [2.75, 3.05) is 0 Å². The number of hydrogen-bond donors (Lipinski definition) is 2. The summed E-state index contributed by atoms with van der Waals surface area (Å²) in [5, 5.41) is 2.88. The molecule has 4 rings (SSSR count). The van der Waals surface area contributed by atoms with Crippen LogP contribution in [0.5, 0.6) is 0 Å². The Bertz CT molecular complexity index is 1220. The fourth-order valence-electron chi connectivity index (χ4n) is 2.94. The van der Waals surface area contributed by atoms with Gasteiger partial charge in [-0.15, -0.1) is 0 Å². The van der Waals surface area contributed by atoms with Crippen LogP contribution in [0.4, 0.5) is 13.2 Å². The van der Waals surface area contributed by atoms with E-state index in [0.717, 1.165) is 34.1 Å². The van der Waals surface area contributed by atoms with Crippen molar-refractivity contribution in [1.29, 1.82) is 0 Å². The van der Waals surface area contributed by atoms with Crippen LogP contribution < -0.4 is 5.32 Å². The number of nitrogens with zero attached hydrogens (tertiary/aromatic N) is 3. The van der Waals surface area contributed by atoms with Gasteiger partial charge in [0.25, 0.3) is 5.91 Å². The lowest BCUT2D eigenvalue weighted by Crippen LogP contribution is -2.24. The van der Waals surface area contributed by atoms with Gasteiger partial charge in [-0.25, -0.2) is 15.0 Å². The molecule has 0 saturated carbocycles. The first-order valence-corrected chi connectivity index (χ1v) is 9.09. The molecule has 0 unspecified atom stereocenters. The smallest absolute Gasteiger partial charge is 0.347 e.